The molecule has 0 aliphatic carbocycles. The normalized spacial score (nSPS) is 10.9. The van der Waals surface area contributed by atoms with Crippen LogP contribution in [-0.2, 0) is 4.79 Å². The Kier molecular flexibility index (Phi) is 6.08. The summed E-state index contributed by atoms with van der Waals surface area (Å²) in [4.78, 5) is 11.9. The fraction of sp³-hybridized carbons (Fsp3) is 0.143. The lowest BCUT2D eigenvalue weighted by atomic mass is 10.1. The molecule has 1 N–H and O–H groups in total. The van der Waals surface area contributed by atoms with Crippen LogP contribution in [0, 0.1) is 13.8 Å². The molecule has 0 spiro atoms. The fourth-order valence-corrected chi connectivity index (χ4v) is 2.98. The predicted molar refractivity (Wildman–Crippen MR) is 109 cm³/mol. The van der Waals surface area contributed by atoms with Crippen LogP contribution in [0.3, 0.4) is 0 Å². The summed E-state index contributed by atoms with van der Waals surface area (Å²) in [5, 5.41) is 3.92. The van der Waals surface area contributed by atoms with Gasteiger partial charge < -0.3 is 9.15 Å². The van der Waals surface area contributed by atoms with Crippen molar-refractivity contribution in [3.63, 3.8) is 0 Å². The zero-order chi connectivity index (χ0) is 19.2. The molecule has 0 fully saturated rings. The highest BCUT2D eigenvalue weighted by atomic mass is 79.9. The van der Waals surface area contributed by atoms with Crippen molar-refractivity contribution in [2.24, 2.45) is 5.10 Å². The quantitative estimate of drug-likeness (QED) is 0.452. The number of amides is 1. The molecule has 0 saturated heterocycles. The van der Waals surface area contributed by atoms with Crippen LogP contribution in [0.4, 0.5) is 0 Å². The second-order valence-corrected chi connectivity index (χ2v) is 6.93. The smallest absolute Gasteiger partial charge is 0.277 e. The zero-order valence-electron chi connectivity index (χ0n) is 15.0. The Labute approximate surface area is 166 Å². The van der Waals surface area contributed by atoms with E-state index < -0.39 is 0 Å². The summed E-state index contributed by atoms with van der Waals surface area (Å²) in [6.07, 6.45) is 1.46. The minimum Gasteiger partial charge on any atom is -0.483 e. The van der Waals surface area contributed by atoms with Crippen LogP contribution < -0.4 is 10.2 Å². The Bertz CT molecular complexity index is 959. The van der Waals surface area contributed by atoms with Gasteiger partial charge in [0.15, 0.2) is 6.61 Å². The third-order valence-corrected chi connectivity index (χ3v) is 4.37. The predicted octanol–water partition coefficient (Wildman–Crippen LogP) is 4.86. The number of furan rings is 1. The Morgan fingerprint density at radius 3 is 2.63 bits per heavy atom. The molecule has 0 atom stereocenters. The fourth-order valence-electron chi connectivity index (χ4n) is 2.58. The third kappa shape index (κ3) is 5.08. The van der Waals surface area contributed by atoms with Gasteiger partial charge in [-0.15, -0.1) is 0 Å². The molecule has 0 bridgehead atoms. The highest BCUT2D eigenvalue weighted by molar-refractivity contribution is 9.10. The van der Waals surface area contributed by atoms with Crippen LogP contribution >= 0.6 is 15.9 Å². The minimum atomic E-state index is -0.340. The van der Waals surface area contributed by atoms with Gasteiger partial charge in [-0.25, -0.2) is 5.43 Å². The Morgan fingerprint density at radius 1 is 1.15 bits per heavy atom. The van der Waals surface area contributed by atoms with E-state index in [1.807, 2.05) is 62.4 Å². The molecule has 2 aromatic carbocycles. The van der Waals surface area contributed by atoms with Gasteiger partial charge in [0.1, 0.15) is 17.3 Å². The van der Waals surface area contributed by atoms with Crippen molar-refractivity contribution in [3.05, 3.63) is 76.0 Å². The maximum Gasteiger partial charge on any atom is 0.277 e. The van der Waals surface area contributed by atoms with Crippen LogP contribution in [-0.4, -0.2) is 18.7 Å². The molecule has 6 heteroatoms. The average Bonchev–Trinajstić information content (AvgIpc) is 3.10. The summed E-state index contributed by atoms with van der Waals surface area (Å²) >= 11 is 3.44. The first-order chi connectivity index (χ1) is 13.0. The monoisotopic (exact) mass is 426 g/mol. The van der Waals surface area contributed by atoms with Crippen molar-refractivity contribution in [3.8, 4) is 17.1 Å². The van der Waals surface area contributed by atoms with Gasteiger partial charge in [-0.05, 0) is 49.2 Å². The second kappa shape index (κ2) is 8.68. The Hall–Kier alpha value is -2.86. The molecule has 3 rings (SSSR count). The summed E-state index contributed by atoms with van der Waals surface area (Å²) in [6, 6.07) is 17.3. The lowest BCUT2D eigenvalue weighted by molar-refractivity contribution is -0.123. The van der Waals surface area contributed by atoms with E-state index in [-0.39, 0.29) is 12.5 Å². The van der Waals surface area contributed by atoms with Gasteiger partial charge in [-0.2, -0.15) is 5.10 Å². The number of rotatable bonds is 6. The summed E-state index contributed by atoms with van der Waals surface area (Å²) in [5.41, 5.74) is 5.37. The molecular weight excluding hydrogens is 408 g/mol. The van der Waals surface area contributed by atoms with Gasteiger partial charge in [0.2, 0.25) is 0 Å². The lowest BCUT2D eigenvalue weighted by Gasteiger charge is -2.10. The molecule has 0 saturated carbocycles. The van der Waals surface area contributed by atoms with Crippen molar-refractivity contribution in [2.75, 3.05) is 6.61 Å². The molecule has 5 nitrogen and oxygen atoms in total. The maximum absolute atomic E-state index is 11.9. The number of benzene rings is 2. The maximum atomic E-state index is 11.9. The van der Waals surface area contributed by atoms with Crippen molar-refractivity contribution in [2.45, 2.75) is 13.8 Å². The standard InChI is InChI=1S/C21H19BrN2O3/c1-14-5-3-6-15(2)21(14)26-13-20(25)24-23-12-18-9-10-19(27-18)16-7-4-8-17(22)11-16/h3-12H,13H2,1-2H3,(H,24,25)/b23-12+. The van der Waals surface area contributed by atoms with E-state index in [0.29, 0.717) is 5.76 Å². The summed E-state index contributed by atoms with van der Waals surface area (Å²) < 4.78 is 12.3. The lowest BCUT2D eigenvalue weighted by Crippen LogP contribution is -2.24. The Balaban J connectivity index is 1.54. The third-order valence-electron chi connectivity index (χ3n) is 3.87. The molecule has 27 heavy (non-hydrogen) atoms. The van der Waals surface area contributed by atoms with E-state index in [4.69, 9.17) is 9.15 Å². The van der Waals surface area contributed by atoms with Crippen LogP contribution in [0.1, 0.15) is 16.9 Å². The molecule has 1 heterocycles. The summed E-state index contributed by atoms with van der Waals surface area (Å²) in [5.74, 6) is 1.65. The van der Waals surface area contributed by atoms with Crippen molar-refractivity contribution in [1.29, 1.82) is 0 Å². The number of hydrogen-bond acceptors (Lipinski definition) is 4. The number of halogens is 1. The van der Waals surface area contributed by atoms with Crippen LogP contribution in [0.2, 0.25) is 0 Å². The molecular formula is C21H19BrN2O3. The number of aryl methyl sites for hydroxylation is 2. The number of nitrogens with zero attached hydrogens (tertiary/aromatic N) is 1. The van der Waals surface area contributed by atoms with Crippen LogP contribution in [0.25, 0.3) is 11.3 Å². The summed E-state index contributed by atoms with van der Waals surface area (Å²) in [7, 11) is 0. The molecule has 0 unspecified atom stereocenters. The molecule has 0 aliphatic heterocycles. The SMILES string of the molecule is Cc1cccc(C)c1OCC(=O)N/N=C/c1ccc(-c2cccc(Br)c2)o1. The Morgan fingerprint density at radius 2 is 1.89 bits per heavy atom. The van der Waals surface area contributed by atoms with Gasteiger partial charge in [-0.3, -0.25) is 4.79 Å². The molecule has 1 aromatic heterocycles. The van der Waals surface area contributed by atoms with E-state index in [0.717, 1.165) is 32.7 Å². The average molecular weight is 427 g/mol. The van der Waals surface area contributed by atoms with E-state index in [2.05, 4.69) is 26.5 Å². The number of carbonyl (C=O) groups excluding carboxylic acids is 1. The van der Waals surface area contributed by atoms with E-state index in [1.165, 1.54) is 6.21 Å². The molecule has 0 radical (unpaired) electrons. The summed E-state index contributed by atoms with van der Waals surface area (Å²) in [6.45, 7) is 3.78. The van der Waals surface area contributed by atoms with Gasteiger partial charge >= 0.3 is 0 Å². The molecule has 3 aromatic rings. The van der Waals surface area contributed by atoms with Crippen molar-refractivity contribution in [1.82, 2.24) is 5.43 Å². The molecule has 138 valence electrons. The number of hydrazone groups is 1. The minimum absolute atomic E-state index is 0.107. The topological polar surface area (TPSA) is 63.8 Å². The number of carbonyl (C=O) groups is 1. The highest BCUT2D eigenvalue weighted by Crippen LogP contribution is 2.24. The van der Waals surface area contributed by atoms with Gasteiger partial charge in [-0.1, -0.05) is 46.3 Å². The van der Waals surface area contributed by atoms with Gasteiger partial charge in [0.05, 0.1) is 6.21 Å². The van der Waals surface area contributed by atoms with Crippen LogP contribution in [0.15, 0.2) is 68.6 Å². The zero-order valence-corrected chi connectivity index (χ0v) is 16.6. The largest absolute Gasteiger partial charge is 0.483 e. The van der Waals surface area contributed by atoms with Crippen LogP contribution in [0.5, 0.6) is 5.75 Å². The molecule has 0 aliphatic rings. The number of para-hydroxylation sites is 1. The van der Waals surface area contributed by atoms with E-state index in [9.17, 15) is 4.79 Å². The number of hydrogen-bond donors (Lipinski definition) is 1. The van der Waals surface area contributed by atoms with E-state index >= 15 is 0 Å². The second-order valence-electron chi connectivity index (χ2n) is 6.02. The van der Waals surface area contributed by atoms with Crippen molar-refractivity contribution < 1.29 is 13.9 Å². The van der Waals surface area contributed by atoms with Gasteiger partial charge in [0.25, 0.3) is 5.91 Å². The van der Waals surface area contributed by atoms with Gasteiger partial charge in [0, 0.05) is 10.0 Å². The molecule has 1 amide bonds. The van der Waals surface area contributed by atoms with Crippen molar-refractivity contribution >= 4 is 28.1 Å². The first-order valence-corrected chi connectivity index (χ1v) is 9.19. The number of ether oxygens (including phenoxy) is 1. The number of nitrogens with one attached hydrogen (secondary N) is 1. The highest BCUT2D eigenvalue weighted by Gasteiger charge is 2.07. The van der Waals surface area contributed by atoms with E-state index in [1.54, 1.807) is 6.07 Å². The first kappa shape index (κ1) is 18.9. The first-order valence-electron chi connectivity index (χ1n) is 8.39.